The van der Waals surface area contributed by atoms with Crippen LogP contribution in [0.15, 0.2) is 59.5 Å². The first-order valence-corrected chi connectivity index (χ1v) is 11.6. The molecule has 31 heavy (non-hydrogen) atoms. The largest absolute Gasteiger partial charge is 0.333 e. The Kier molecular flexibility index (Phi) is 7.55. The van der Waals surface area contributed by atoms with Crippen LogP contribution in [-0.2, 0) is 14.8 Å². The predicted octanol–water partition coefficient (Wildman–Crippen LogP) is 3.78. The number of nitrogens with zero attached hydrogens (tertiary/aromatic N) is 2. The zero-order chi connectivity index (χ0) is 22.3. The highest BCUT2D eigenvalue weighted by atomic mass is 32.2. The second-order valence-electron chi connectivity index (χ2n) is 7.31. The van der Waals surface area contributed by atoms with Crippen molar-refractivity contribution in [2.75, 3.05) is 13.1 Å². The number of nitriles is 1. The van der Waals surface area contributed by atoms with E-state index in [2.05, 4.69) is 5.32 Å². The Labute approximate surface area is 182 Å². The summed E-state index contributed by atoms with van der Waals surface area (Å²) < 4.78 is 41.0. The molecule has 1 aliphatic rings. The predicted molar refractivity (Wildman–Crippen MR) is 116 cm³/mol. The molecule has 6 nitrogen and oxygen atoms in total. The first-order valence-electron chi connectivity index (χ1n) is 10.1. The van der Waals surface area contributed by atoms with Crippen LogP contribution in [0.5, 0.6) is 0 Å². The quantitative estimate of drug-likeness (QED) is 0.691. The van der Waals surface area contributed by atoms with E-state index < -0.39 is 27.8 Å². The lowest BCUT2D eigenvalue weighted by atomic mass is 10.1. The summed E-state index contributed by atoms with van der Waals surface area (Å²) in [6.07, 6.45) is 6.55. The molecule has 2 aromatic carbocycles. The van der Waals surface area contributed by atoms with E-state index in [-0.39, 0.29) is 10.5 Å². The minimum Gasteiger partial charge on any atom is -0.333 e. The number of hydrogen-bond acceptors (Lipinski definition) is 4. The molecule has 162 valence electrons. The first kappa shape index (κ1) is 22.7. The maximum absolute atomic E-state index is 13.8. The Hall–Kier alpha value is -3.02. The third-order valence-electron chi connectivity index (χ3n) is 5.14. The highest BCUT2D eigenvalue weighted by molar-refractivity contribution is 7.89. The number of carbonyl (C=O) groups excluding carboxylic acids is 1. The van der Waals surface area contributed by atoms with Gasteiger partial charge in [-0.2, -0.15) is 9.57 Å². The molecule has 1 aliphatic heterocycles. The number of amides is 1. The van der Waals surface area contributed by atoms with Gasteiger partial charge in [-0.25, -0.2) is 12.8 Å². The number of nitrogens with one attached hydrogen (secondary N) is 1. The summed E-state index contributed by atoms with van der Waals surface area (Å²) >= 11 is 0. The standard InChI is InChI=1S/C23H24FN3O3S/c24-21-8-4-3-7-20(21)22(17-25)26-23(28)14-11-18-9-12-19(13-10-18)31(29,30)27-15-5-1-2-6-16-27/h3-4,7-14,22H,1-2,5-6,15-16H2,(H,26,28)/b14-11+. The molecule has 1 amide bonds. The first-order chi connectivity index (χ1) is 14.9. The second-order valence-corrected chi connectivity index (χ2v) is 9.25. The van der Waals surface area contributed by atoms with Crippen molar-refractivity contribution in [2.45, 2.75) is 36.6 Å². The topological polar surface area (TPSA) is 90.3 Å². The SMILES string of the molecule is N#CC(NC(=O)/C=C/c1ccc(S(=O)(=O)N2CCCCCC2)cc1)c1ccccc1F. The average molecular weight is 442 g/mol. The highest BCUT2D eigenvalue weighted by Gasteiger charge is 2.24. The maximum Gasteiger partial charge on any atom is 0.245 e. The summed E-state index contributed by atoms with van der Waals surface area (Å²) in [5, 5.41) is 11.7. The van der Waals surface area contributed by atoms with Gasteiger partial charge in [0, 0.05) is 24.7 Å². The lowest BCUT2D eigenvalue weighted by Crippen LogP contribution is -2.31. The van der Waals surface area contributed by atoms with Crippen LogP contribution in [0, 0.1) is 17.1 Å². The van der Waals surface area contributed by atoms with E-state index in [9.17, 15) is 22.9 Å². The van der Waals surface area contributed by atoms with Crippen molar-refractivity contribution in [2.24, 2.45) is 0 Å². The van der Waals surface area contributed by atoms with Crippen molar-refractivity contribution >= 4 is 22.0 Å². The van der Waals surface area contributed by atoms with Gasteiger partial charge in [-0.05, 0) is 42.7 Å². The Bertz CT molecular complexity index is 1080. The maximum atomic E-state index is 13.8. The van der Waals surface area contributed by atoms with Gasteiger partial charge in [0.1, 0.15) is 11.9 Å². The van der Waals surface area contributed by atoms with Crippen LogP contribution in [0.25, 0.3) is 6.08 Å². The van der Waals surface area contributed by atoms with Gasteiger partial charge in [-0.3, -0.25) is 4.79 Å². The molecule has 1 unspecified atom stereocenters. The van der Waals surface area contributed by atoms with Crippen molar-refractivity contribution in [3.8, 4) is 6.07 Å². The molecule has 0 spiro atoms. The minimum atomic E-state index is -3.53. The molecule has 0 radical (unpaired) electrons. The van der Waals surface area contributed by atoms with Crippen molar-refractivity contribution in [1.82, 2.24) is 9.62 Å². The van der Waals surface area contributed by atoms with Gasteiger partial charge in [0.05, 0.1) is 11.0 Å². The molecule has 1 fully saturated rings. The van der Waals surface area contributed by atoms with E-state index in [0.717, 1.165) is 25.7 Å². The number of carbonyl (C=O) groups is 1. The molecule has 3 rings (SSSR count). The summed E-state index contributed by atoms with van der Waals surface area (Å²) in [5.74, 6) is -1.13. The fraction of sp³-hybridized carbons (Fsp3) is 0.304. The second kappa shape index (κ2) is 10.3. The van der Waals surface area contributed by atoms with E-state index in [0.29, 0.717) is 18.7 Å². The lowest BCUT2D eigenvalue weighted by molar-refractivity contribution is -0.116. The molecular weight excluding hydrogens is 417 g/mol. The van der Waals surface area contributed by atoms with Crippen molar-refractivity contribution < 1.29 is 17.6 Å². The molecular formula is C23H24FN3O3S. The van der Waals surface area contributed by atoms with Crippen LogP contribution in [0.2, 0.25) is 0 Å². The summed E-state index contributed by atoms with van der Waals surface area (Å²) in [6, 6.07) is 12.8. The third kappa shape index (κ3) is 5.78. The molecule has 1 saturated heterocycles. The normalized spacial score (nSPS) is 16.4. The van der Waals surface area contributed by atoms with Gasteiger partial charge in [-0.1, -0.05) is 43.2 Å². The number of rotatable bonds is 6. The van der Waals surface area contributed by atoms with Crippen molar-refractivity contribution in [1.29, 1.82) is 5.26 Å². The lowest BCUT2D eigenvalue weighted by Gasteiger charge is -2.19. The summed E-state index contributed by atoms with van der Waals surface area (Å²) in [5.41, 5.74) is 0.721. The van der Waals surface area contributed by atoms with E-state index in [1.807, 2.05) is 6.07 Å². The highest BCUT2D eigenvalue weighted by Crippen LogP contribution is 2.21. The number of halogens is 1. The Morgan fingerprint density at radius 2 is 1.71 bits per heavy atom. The fourth-order valence-electron chi connectivity index (χ4n) is 3.43. The smallest absolute Gasteiger partial charge is 0.245 e. The molecule has 1 atom stereocenters. The van der Waals surface area contributed by atoms with Crippen molar-refractivity contribution in [3.05, 3.63) is 71.6 Å². The Morgan fingerprint density at radius 1 is 1.06 bits per heavy atom. The summed E-state index contributed by atoms with van der Waals surface area (Å²) in [6.45, 7) is 1.07. The molecule has 1 N–H and O–H groups in total. The van der Waals surface area contributed by atoms with Crippen LogP contribution >= 0.6 is 0 Å². The summed E-state index contributed by atoms with van der Waals surface area (Å²) in [4.78, 5) is 12.4. The fourth-order valence-corrected chi connectivity index (χ4v) is 4.95. The van der Waals surface area contributed by atoms with Crippen LogP contribution in [-0.4, -0.2) is 31.7 Å². The zero-order valence-corrected chi connectivity index (χ0v) is 17.8. The van der Waals surface area contributed by atoms with E-state index in [1.165, 1.54) is 46.8 Å². The number of benzene rings is 2. The van der Waals surface area contributed by atoms with Crippen LogP contribution in [0.4, 0.5) is 4.39 Å². The van der Waals surface area contributed by atoms with Gasteiger partial charge < -0.3 is 5.32 Å². The van der Waals surface area contributed by atoms with Crippen LogP contribution in [0.3, 0.4) is 0 Å². The van der Waals surface area contributed by atoms with E-state index >= 15 is 0 Å². The van der Waals surface area contributed by atoms with Gasteiger partial charge in [0.15, 0.2) is 0 Å². The molecule has 1 heterocycles. The summed E-state index contributed by atoms with van der Waals surface area (Å²) in [7, 11) is -3.53. The van der Waals surface area contributed by atoms with Gasteiger partial charge in [0.25, 0.3) is 0 Å². The molecule has 0 aliphatic carbocycles. The van der Waals surface area contributed by atoms with Crippen LogP contribution < -0.4 is 5.32 Å². The molecule has 0 bridgehead atoms. The Morgan fingerprint density at radius 3 is 2.32 bits per heavy atom. The minimum absolute atomic E-state index is 0.0924. The average Bonchev–Trinajstić information content (AvgIpc) is 3.07. The van der Waals surface area contributed by atoms with Gasteiger partial charge >= 0.3 is 0 Å². The monoisotopic (exact) mass is 441 g/mol. The van der Waals surface area contributed by atoms with Gasteiger partial charge in [-0.15, -0.1) is 0 Å². The molecule has 0 aromatic heterocycles. The van der Waals surface area contributed by atoms with Crippen molar-refractivity contribution in [3.63, 3.8) is 0 Å². The van der Waals surface area contributed by atoms with E-state index in [4.69, 9.17) is 0 Å². The zero-order valence-electron chi connectivity index (χ0n) is 17.0. The molecule has 2 aromatic rings. The molecule has 8 heteroatoms. The van der Waals surface area contributed by atoms with Gasteiger partial charge in [0.2, 0.25) is 15.9 Å². The number of hydrogen-bond donors (Lipinski definition) is 1. The molecule has 0 saturated carbocycles. The third-order valence-corrected chi connectivity index (χ3v) is 7.05. The van der Waals surface area contributed by atoms with E-state index in [1.54, 1.807) is 18.2 Å². The Balaban J connectivity index is 1.65. The van der Waals surface area contributed by atoms with Crippen LogP contribution in [0.1, 0.15) is 42.9 Å². The number of sulfonamides is 1.